The second kappa shape index (κ2) is 9.84. The van der Waals surface area contributed by atoms with E-state index in [9.17, 15) is 0 Å². The van der Waals surface area contributed by atoms with E-state index in [-0.39, 0.29) is 18.4 Å². The molecule has 8 heteroatoms. The van der Waals surface area contributed by atoms with Crippen LogP contribution in [0.4, 0.5) is 0 Å². The largest absolute Gasteiger partial charge is 0.367 e. The Morgan fingerprint density at radius 3 is 1.87 bits per heavy atom. The van der Waals surface area contributed by atoms with Gasteiger partial charge in [0.2, 0.25) is 5.96 Å². The van der Waals surface area contributed by atoms with Crippen molar-refractivity contribution in [1.82, 2.24) is 5.43 Å². The smallest absolute Gasteiger partial charge is 0.234 e. The molecular weight excluding hydrogens is 357 g/mol. The normalized spacial score (nSPS) is 11.7. The van der Waals surface area contributed by atoms with Crippen LogP contribution in [0, 0.1) is 0 Å². The predicted octanol–water partition coefficient (Wildman–Crippen LogP) is 3.69. The Labute approximate surface area is 150 Å². The van der Waals surface area contributed by atoms with Gasteiger partial charge in [-0.15, -0.1) is 17.5 Å². The maximum absolute atomic E-state index is 5.79. The second-order valence-electron chi connectivity index (χ2n) is 4.20. The molecule has 0 atom stereocenters. The first kappa shape index (κ1) is 19.0. The van der Waals surface area contributed by atoms with Crippen LogP contribution in [-0.4, -0.2) is 18.4 Å². The number of nitrogens with two attached hydrogens (primary N) is 1. The summed E-state index contributed by atoms with van der Waals surface area (Å²) in [4.78, 5) is 0. The molecule has 0 saturated heterocycles. The van der Waals surface area contributed by atoms with Gasteiger partial charge in [-0.05, 0) is 35.4 Å². The van der Waals surface area contributed by atoms with Crippen molar-refractivity contribution >= 4 is 54.0 Å². The molecule has 0 bridgehead atoms. The zero-order valence-corrected chi connectivity index (χ0v) is 14.2. The highest BCUT2D eigenvalue weighted by atomic mass is 35.5. The molecule has 0 aromatic heterocycles. The molecule has 0 spiro atoms. The van der Waals surface area contributed by atoms with Crippen molar-refractivity contribution in [3.63, 3.8) is 0 Å². The number of benzene rings is 2. The molecule has 2 aromatic carbocycles. The average molecular weight is 371 g/mol. The zero-order valence-electron chi connectivity index (χ0n) is 11.9. The fourth-order valence-corrected chi connectivity index (χ4v) is 1.70. The van der Waals surface area contributed by atoms with Gasteiger partial charge < -0.3 is 5.73 Å². The third-order valence-electron chi connectivity index (χ3n) is 2.51. The van der Waals surface area contributed by atoms with E-state index in [0.29, 0.717) is 10.0 Å². The minimum Gasteiger partial charge on any atom is -0.367 e. The summed E-state index contributed by atoms with van der Waals surface area (Å²) >= 11 is 11.6. The van der Waals surface area contributed by atoms with Crippen molar-refractivity contribution in [2.45, 2.75) is 0 Å². The molecule has 0 fully saturated rings. The minimum atomic E-state index is 0. The van der Waals surface area contributed by atoms with Crippen molar-refractivity contribution < 1.29 is 0 Å². The molecule has 0 aliphatic heterocycles. The average Bonchev–Trinajstić information content (AvgIpc) is 2.51. The van der Waals surface area contributed by atoms with Crippen LogP contribution in [0.2, 0.25) is 10.0 Å². The summed E-state index contributed by atoms with van der Waals surface area (Å²) in [7, 11) is 0. The maximum atomic E-state index is 5.79. The summed E-state index contributed by atoms with van der Waals surface area (Å²) in [5.41, 5.74) is 9.94. The van der Waals surface area contributed by atoms with Crippen LogP contribution in [-0.2, 0) is 0 Å². The van der Waals surface area contributed by atoms with Crippen molar-refractivity contribution in [1.29, 1.82) is 0 Å². The first-order valence-electron chi connectivity index (χ1n) is 6.30. The van der Waals surface area contributed by atoms with Gasteiger partial charge in [0, 0.05) is 10.0 Å². The van der Waals surface area contributed by atoms with Gasteiger partial charge >= 0.3 is 0 Å². The summed E-state index contributed by atoms with van der Waals surface area (Å²) in [6, 6.07) is 14.4. The zero-order chi connectivity index (χ0) is 15.8. The summed E-state index contributed by atoms with van der Waals surface area (Å²) in [5.74, 6) is 0.0791. The van der Waals surface area contributed by atoms with Crippen LogP contribution < -0.4 is 11.2 Å². The van der Waals surface area contributed by atoms with Crippen molar-refractivity contribution in [2.24, 2.45) is 21.0 Å². The molecule has 5 nitrogen and oxygen atoms in total. The SMILES string of the molecule is Cl.NC(=NN=Cc1ccc(Cl)cc1)N/N=C/c1ccc(Cl)cc1. The van der Waals surface area contributed by atoms with Crippen molar-refractivity contribution in [3.05, 3.63) is 69.7 Å². The lowest BCUT2D eigenvalue weighted by Gasteiger charge is -1.96. The second-order valence-corrected chi connectivity index (χ2v) is 5.08. The van der Waals surface area contributed by atoms with E-state index < -0.39 is 0 Å². The first-order valence-corrected chi connectivity index (χ1v) is 7.06. The number of halogens is 3. The molecule has 0 aliphatic carbocycles. The van der Waals surface area contributed by atoms with Crippen LogP contribution >= 0.6 is 35.6 Å². The van der Waals surface area contributed by atoms with E-state index >= 15 is 0 Å². The highest BCUT2D eigenvalue weighted by Crippen LogP contribution is 2.08. The number of hydrogen-bond acceptors (Lipinski definition) is 3. The summed E-state index contributed by atoms with van der Waals surface area (Å²) < 4.78 is 0. The molecule has 0 aliphatic rings. The van der Waals surface area contributed by atoms with Gasteiger partial charge in [-0.1, -0.05) is 47.5 Å². The number of hydrazone groups is 1. The van der Waals surface area contributed by atoms with Gasteiger partial charge in [0.05, 0.1) is 12.4 Å². The number of guanidine groups is 1. The molecule has 0 saturated carbocycles. The van der Waals surface area contributed by atoms with E-state index in [4.69, 9.17) is 28.9 Å². The van der Waals surface area contributed by atoms with E-state index in [2.05, 4.69) is 20.7 Å². The Hall–Kier alpha value is -2.08. The number of nitrogens with zero attached hydrogens (tertiary/aromatic N) is 3. The van der Waals surface area contributed by atoms with E-state index in [1.807, 2.05) is 24.3 Å². The van der Waals surface area contributed by atoms with Crippen LogP contribution in [0.3, 0.4) is 0 Å². The summed E-state index contributed by atoms with van der Waals surface area (Å²) in [6.45, 7) is 0. The molecule has 0 radical (unpaired) electrons. The third-order valence-corrected chi connectivity index (χ3v) is 3.01. The number of hydrogen-bond donors (Lipinski definition) is 2. The Kier molecular flexibility index (Phi) is 8.11. The number of rotatable bonds is 4. The highest BCUT2D eigenvalue weighted by molar-refractivity contribution is 6.30. The van der Waals surface area contributed by atoms with E-state index in [1.54, 1.807) is 36.7 Å². The molecule has 2 rings (SSSR count). The summed E-state index contributed by atoms with van der Waals surface area (Å²) in [5, 5.41) is 12.9. The quantitative estimate of drug-likeness (QED) is 0.489. The standard InChI is InChI=1S/C15H13Cl2N5.ClH/c16-13-5-1-11(2-6-13)9-19-21-15(18)22-20-10-12-3-7-14(17)8-4-12;/h1-10H,(H3,18,21,22);1H/b19-9+,20-10?;. The molecule has 120 valence electrons. The maximum Gasteiger partial charge on any atom is 0.234 e. The Balaban J connectivity index is 0.00000264. The topological polar surface area (TPSA) is 75.1 Å². The fraction of sp³-hybridized carbons (Fsp3) is 0. The highest BCUT2D eigenvalue weighted by Gasteiger charge is 1.90. The van der Waals surface area contributed by atoms with Gasteiger partial charge in [0.25, 0.3) is 0 Å². The lowest BCUT2D eigenvalue weighted by molar-refractivity contribution is 0.994. The van der Waals surface area contributed by atoms with Crippen LogP contribution in [0.25, 0.3) is 0 Å². The van der Waals surface area contributed by atoms with Crippen molar-refractivity contribution in [2.75, 3.05) is 0 Å². The van der Waals surface area contributed by atoms with Crippen LogP contribution in [0.5, 0.6) is 0 Å². The Bertz CT molecular complexity index is 694. The predicted molar refractivity (Wildman–Crippen MR) is 100 cm³/mol. The number of nitrogens with one attached hydrogen (secondary N) is 1. The fourth-order valence-electron chi connectivity index (χ4n) is 1.45. The lowest BCUT2D eigenvalue weighted by Crippen LogP contribution is -2.26. The van der Waals surface area contributed by atoms with Gasteiger partial charge in [0.1, 0.15) is 0 Å². The Morgan fingerprint density at radius 1 is 0.870 bits per heavy atom. The molecule has 0 heterocycles. The Morgan fingerprint density at radius 2 is 1.35 bits per heavy atom. The molecule has 0 unspecified atom stereocenters. The molecule has 23 heavy (non-hydrogen) atoms. The van der Waals surface area contributed by atoms with Gasteiger partial charge in [0.15, 0.2) is 0 Å². The van der Waals surface area contributed by atoms with Gasteiger partial charge in [-0.3, -0.25) is 0 Å². The van der Waals surface area contributed by atoms with Crippen molar-refractivity contribution in [3.8, 4) is 0 Å². The van der Waals surface area contributed by atoms with E-state index in [1.165, 1.54) is 0 Å². The van der Waals surface area contributed by atoms with Gasteiger partial charge in [-0.25, -0.2) is 5.43 Å². The minimum absolute atomic E-state index is 0. The lowest BCUT2D eigenvalue weighted by atomic mass is 10.2. The molecule has 0 amide bonds. The van der Waals surface area contributed by atoms with Crippen LogP contribution in [0.1, 0.15) is 11.1 Å². The molecule has 2 aromatic rings. The van der Waals surface area contributed by atoms with Crippen LogP contribution in [0.15, 0.2) is 63.8 Å². The third kappa shape index (κ3) is 7.15. The van der Waals surface area contributed by atoms with E-state index in [0.717, 1.165) is 11.1 Å². The monoisotopic (exact) mass is 369 g/mol. The summed E-state index contributed by atoms with van der Waals surface area (Å²) in [6.07, 6.45) is 3.16. The first-order chi connectivity index (χ1) is 10.6. The molecule has 3 N–H and O–H groups in total. The molecular formula is C15H14Cl3N5. The van der Waals surface area contributed by atoms with Gasteiger partial charge in [-0.2, -0.15) is 10.2 Å².